The fourth-order valence-electron chi connectivity index (χ4n) is 1.37. The zero-order chi connectivity index (χ0) is 11.0. The van der Waals surface area contributed by atoms with E-state index < -0.39 is 12.1 Å². The van der Waals surface area contributed by atoms with Crippen LogP contribution in [0.4, 0.5) is 4.79 Å². The van der Waals surface area contributed by atoms with Crippen molar-refractivity contribution in [2.45, 2.75) is 6.04 Å². The van der Waals surface area contributed by atoms with Gasteiger partial charge in [0, 0.05) is 0 Å². The van der Waals surface area contributed by atoms with E-state index in [4.69, 9.17) is 17.3 Å². The van der Waals surface area contributed by atoms with E-state index >= 15 is 0 Å². The minimum Gasteiger partial charge on any atom is -0.506 e. The Bertz CT molecular complexity index is 459. The summed E-state index contributed by atoms with van der Waals surface area (Å²) in [6.45, 7) is 0. The summed E-state index contributed by atoms with van der Waals surface area (Å²) in [5, 5.41) is 12.0. The zero-order valence-corrected chi connectivity index (χ0v) is 8.32. The summed E-state index contributed by atoms with van der Waals surface area (Å²) < 4.78 is 0. The highest BCUT2D eigenvalue weighted by atomic mass is 35.5. The molecule has 0 spiro atoms. The number of phenolic OH excluding ortho intramolecular Hbond substituents is 1. The molecule has 0 aromatic heterocycles. The van der Waals surface area contributed by atoms with E-state index in [9.17, 15) is 9.90 Å². The number of carbonyl (C=O) groups is 1. The summed E-state index contributed by atoms with van der Waals surface area (Å²) in [5.74, 6) is 0.182. The monoisotopic (exact) mass is 225 g/mol. The van der Waals surface area contributed by atoms with Crippen LogP contribution in [-0.2, 0) is 0 Å². The largest absolute Gasteiger partial charge is 0.506 e. The minimum atomic E-state index is -0.471. The van der Waals surface area contributed by atoms with Gasteiger partial charge >= 0.3 is 6.03 Å². The molecule has 78 valence electrons. The summed E-state index contributed by atoms with van der Waals surface area (Å²) in [4.78, 5) is 14.5. The van der Waals surface area contributed by atoms with Crippen LogP contribution in [0.3, 0.4) is 0 Å². The van der Waals surface area contributed by atoms with Crippen molar-refractivity contribution in [1.29, 1.82) is 0 Å². The van der Waals surface area contributed by atoms with Crippen LogP contribution in [0.1, 0.15) is 11.6 Å². The molecule has 4 N–H and O–H groups in total. The standard InChI is InChI=1S/C9H8ClN3O2/c10-5-3-4(1-2-6(5)14)7-8(11)13-9(15)12-7/h1-3,7,14H,(H3,11,12,13,15). The number of amidine groups is 1. The molecule has 2 amide bonds. The molecule has 1 atom stereocenters. The van der Waals surface area contributed by atoms with Gasteiger partial charge in [0.25, 0.3) is 0 Å². The molecule has 0 saturated heterocycles. The van der Waals surface area contributed by atoms with Gasteiger partial charge < -0.3 is 16.2 Å². The first-order chi connectivity index (χ1) is 7.08. The summed E-state index contributed by atoms with van der Waals surface area (Å²) in [6, 6.07) is 3.67. The number of nitrogens with zero attached hydrogens (tertiary/aromatic N) is 1. The molecule has 0 aliphatic carbocycles. The SMILES string of the molecule is NC1=NC(=O)NC1c1ccc(O)c(Cl)c1. The maximum Gasteiger partial charge on any atom is 0.343 e. The molecular weight excluding hydrogens is 218 g/mol. The Hall–Kier alpha value is -1.75. The Kier molecular flexibility index (Phi) is 2.24. The van der Waals surface area contributed by atoms with Gasteiger partial charge in [-0.25, -0.2) is 4.79 Å². The molecule has 1 aliphatic rings. The molecule has 1 aromatic rings. The van der Waals surface area contributed by atoms with Gasteiger partial charge in [0.2, 0.25) is 0 Å². The fourth-order valence-corrected chi connectivity index (χ4v) is 1.56. The van der Waals surface area contributed by atoms with Crippen molar-refractivity contribution >= 4 is 23.5 Å². The van der Waals surface area contributed by atoms with E-state index in [1.807, 2.05) is 0 Å². The van der Waals surface area contributed by atoms with Crippen LogP contribution < -0.4 is 11.1 Å². The third kappa shape index (κ3) is 1.73. The maximum atomic E-state index is 10.9. The first-order valence-corrected chi connectivity index (χ1v) is 4.58. The Morgan fingerprint density at radius 1 is 1.53 bits per heavy atom. The van der Waals surface area contributed by atoms with Crippen molar-refractivity contribution in [2.75, 3.05) is 0 Å². The molecule has 5 nitrogen and oxygen atoms in total. The lowest BCUT2D eigenvalue weighted by atomic mass is 10.1. The lowest BCUT2D eigenvalue weighted by molar-refractivity contribution is 0.250. The number of benzene rings is 1. The molecule has 1 aliphatic heterocycles. The van der Waals surface area contributed by atoms with Crippen molar-refractivity contribution in [3.05, 3.63) is 28.8 Å². The van der Waals surface area contributed by atoms with E-state index in [1.165, 1.54) is 12.1 Å². The number of hydrogen-bond acceptors (Lipinski definition) is 3. The van der Waals surface area contributed by atoms with Crippen LogP contribution in [0.25, 0.3) is 0 Å². The minimum absolute atomic E-state index is 0.0137. The van der Waals surface area contributed by atoms with Crippen molar-refractivity contribution in [3.63, 3.8) is 0 Å². The summed E-state index contributed by atoms with van der Waals surface area (Å²) >= 11 is 5.73. The van der Waals surface area contributed by atoms with Crippen LogP contribution in [0.15, 0.2) is 23.2 Å². The van der Waals surface area contributed by atoms with Gasteiger partial charge in [0.05, 0.1) is 5.02 Å². The summed E-state index contributed by atoms with van der Waals surface area (Å²) in [5.41, 5.74) is 6.24. The van der Waals surface area contributed by atoms with Crippen molar-refractivity contribution in [2.24, 2.45) is 10.7 Å². The van der Waals surface area contributed by atoms with Gasteiger partial charge in [0.15, 0.2) is 0 Å². The predicted octanol–water partition coefficient (Wildman–Crippen LogP) is 1.17. The molecule has 0 bridgehead atoms. The smallest absolute Gasteiger partial charge is 0.343 e. The van der Waals surface area contributed by atoms with Crippen LogP contribution in [0.5, 0.6) is 5.75 Å². The highest BCUT2D eigenvalue weighted by Gasteiger charge is 2.25. The summed E-state index contributed by atoms with van der Waals surface area (Å²) in [7, 11) is 0. The molecule has 0 fully saturated rings. The predicted molar refractivity (Wildman–Crippen MR) is 56.0 cm³/mol. The maximum absolute atomic E-state index is 10.9. The van der Waals surface area contributed by atoms with Crippen LogP contribution >= 0.6 is 11.6 Å². The fraction of sp³-hybridized carbons (Fsp3) is 0.111. The van der Waals surface area contributed by atoms with Crippen molar-refractivity contribution < 1.29 is 9.90 Å². The molecule has 6 heteroatoms. The highest BCUT2D eigenvalue weighted by molar-refractivity contribution is 6.32. The van der Waals surface area contributed by atoms with Gasteiger partial charge in [-0.3, -0.25) is 0 Å². The van der Waals surface area contributed by atoms with Crippen LogP contribution in [-0.4, -0.2) is 17.0 Å². The van der Waals surface area contributed by atoms with Gasteiger partial charge in [-0.2, -0.15) is 4.99 Å². The van der Waals surface area contributed by atoms with E-state index in [1.54, 1.807) is 6.07 Å². The second kappa shape index (κ2) is 3.43. The quantitative estimate of drug-likeness (QED) is 0.670. The number of phenols is 1. The van der Waals surface area contributed by atoms with E-state index in [2.05, 4.69) is 10.3 Å². The topological polar surface area (TPSA) is 87.7 Å². The average molecular weight is 226 g/mol. The van der Waals surface area contributed by atoms with Gasteiger partial charge in [0.1, 0.15) is 17.6 Å². The summed E-state index contributed by atoms with van der Waals surface area (Å²) in [6.07, 6.45) is 0. The van der Waals surface area contributed by atoms with E-state index in [0.717, 1.165) is 0 Å². The number of hydrogen-bond donors (Lipinski definition) is 3. The molecule has 1 aromatic carbocycles. The molecular formula is C9H8ClN3O2. The number of carbonyl (C=O) groups excluding carboxylic acids is 1. The second-order valence-electron chi connectivity index (χ2n) is 3.13. The number of aliphatic imine (C=N–C) groups is 1. The number of aromatic hydroxyl groups is 1. The molecule has 0 saturated carbocycles. The lowest BCUT2D eigenvalue weighted by Crippen LogP contribution is -2.27. The Morgan fingerprint density at radius 2 is 2.27 bits per heavy atom. The number of nitrogens with one attached hydrogen (secondary N) is 1. The number of nitrogens with two attached hydrogens (primary N) is 1. The van der Waals surface area contributed by atoms with Gasteiger partial charge in [-0.15, -0.1) is 0 Å². The Labute approximate surface area is 90.6 Å². The van der Waals surface area contributed by atoms with Crippen molar-refractivity contribution in [3.8, 4) is 5.75 Å². The van der Waals surface area contributed by atoms with Gasteiger partial charge in [-0.1, -0.05) is 17.7 Å². The van der Waals surface area contributed by atoms with Gasteiger partial charge in [-0.05, 0) is 17.7 Å². The number of rotatable bonds is 1. The third-order valence-corrected chi connectivity index (χ3v) is 2.40. The Morgan fingerprint density at radius 3 is 2.80 bits per heavy atom. The average Bonchev–Trinajstić information content (AvgIpc) is 2.50. The van der Waals surface area contributed by atoms with Crippen LogP contribution in [0, 0.1) is 0 Å². The van der Waals surface area contributed by atoms with E-state index in [0.29, 0.717) is 5.56 Å². The first kappa shape index (κ1) is 9.79. The number of urea groups is 1. The van der Waals surface area contributed by atoms with E-state index in [-0.39, 0.29) is 16.6 Å². The lowest BCUT2D eigenvalue weighted by Gasteiger charge is -2.11. The zero-order valence-electron chi connectivity index (χ0n) is 7.57. The third-order valence-electron chi connectivity index (χ3n) is 2.10. The van der Waals surface area contributed by atoms with Crippen LogP contribution in [0.2, 0.25) is 5.02 Å². The molecule has 15 heavy (non-hydrogen) atoms. The normalized spacial score (nSPS) is 19.9. The molecule has 2 rings (SSSR count). The number of amides is 2. The molecule has 1 unspecified atom stereocenters. The highest BCUT2D eigenvalue weighted by Crippen LogP contribution is 2.27. The first-order valence-electron chi connectivity index (χ1n) is 4.21. The molecule has 1 heterocycles. The van der Waals surface area contributed by atoms with Crippen molar-refractivity contribution in [1.82, 2.24) is 5.32 Å². The molecule has 0 radical (unpaired) electrons. The number of halogens is 1. The Balaban J connectivity index is 2.35. The second-order valence-corrected chi connectivity index (χ2v) is 3.54.